The number of hydrogen-bond donors (Lipinski definition) is 3. The molecule has 1 unspecified atom stereocenters. The largest absolute Gasteiger partial charge is 0.384 e. The summed E-state index contributed by atoms with van der Waals surface area (Å²) in [5.74, 6) is 3.79. The van der Waals surface area contributed by atoms with E-state index in [-0.39, 0.29) is 5.56 Å². The number of ether oxygens (including phenoxy) is 1. The summed E-state index contributed by atoms with van der Waals surface area (Å²) in [5, 5.41) is 11.4. The Hall–Kier alpha value is -3.67. The Morgan fingerprint density at radius 3 is 2.00 bits per heavy atom. The lowest BCUT2D eigenvalue weighted by molar-refractivity contribution is -0.148. The highest BCUT2D eigenvalue weighted by Gasteiger charge is 2.47. The zero-order valence-electron chi connectivity index (χ0n) is 18.6. The predicted molar refractivity (Wildman–Crippen MR) is 119 cm³/mol. The van der Waals surface area contributed by atoms with Crippen molar-refractivity contribution >= 4 is 17.7 Å². The van der Waals surface area contributed by atoms with Gasteiger partial charge in [-0.3, -0.25) is 19.6 Å². The third-order valence-corrected chi connectivity index (χ3v) is 5.22. The molecule has 32 heavy (non-hydrogen) atoms. The van der Waals surface area contributed by atoms with Gasteiger partial charge in [-0.1, -0.05) is 24.0 Å². The van der Waals surface area contributed by atoms with Crippen LogP contribution in [-0.4, -0.2) is 61.2 Å². The lowest BCUT2D eigenvalue weighted by Gasteiger charge is -2.34. The number of benzene rings is 2. The lowest BCUT2D eigenvalue weighted by Crippen LogP contribution is -2.64. The summed E-state index contributed by atoms with van der Waals surface area (Å²) in [6.45, 7) is 1.91. The van der Waals surface area contributed by atoms with Crippen molar-refractivity contribution in [3.05, 3.63) is 70.8 Å². The molecule has 8 heteroatoms. The second-order valence-electron chi connectivity index (χ2n) is 7.22. The second kappa shape index (κ2) is 11.1. The zero-order chi connectivity index (χ0) is 23.7. The number of carbonyl (C=O) groups excluding carboxylic acids is 3. The zero-order valence-corrected chi connectivity index (χ0v) is 18.6. The van der Waals surface area contributed by atoms with E-state index in [2.05, 4.69) is 17.2 Å². The van der Waals surface area contributed by atoms with Crippen LogP contribution in [0.4, 0.5) is 0 Å². The van der Waals surface area contributed by atoms with Gasteiger partial charge in [0.05, 0.1) is 6.61 Å². The number of hydroxylamine groups is 1. The summed E-state index contributed by atoms with van der Waals surface area (Å²) in [5.41, 5.74) is 2.51. The summed E-state index contributed by atoms with van der Waals surface area (Å²) >= 11 is 0. The van der Waals surface area contributed by atoms with Gasteiger partial charge in [0, 0.05) is 37.9 Å². The van der Waals surface area contributed by atoms with Crippen LogP contribution in [0.3, 0.4) is 0 Å². The Morgan fingerprint density at radius 2 is 1.53 bits per heavy atom. The third kappa shape index (κ3) is 5.52. The molecule has 0 heterocycles. The molecule has 0 radical (unpaired) electrons. The summed E-state index contributed by atoms with van der Waals surface area (Å²) in [6.07, 6.45) is 0.840. The maximum atomic E-state index is 12.9. The van der Waals surface area contributed by atoms with Crippen molar-refractivity contribution in [3.8, 4) is 11.8 Å². The number of nitrogens with one attached hydrogen (secondary N) is 2. The van der Waals surface area contributed by atoms with Gasteiger partial charge in [0.15, 0.2) is 5.54 Å². The van der Waals surface area contributed by atoms with Crippen LogP contribution in [0.15, 0.2) is 48.5 Å². The van der Waals surface area contributed by atoms with Crippen LogP contribution in [-0.2, 0) is 20.7 Å². The Balaban J connectivity index is 2.16. The van der Waals surface area contributed by atoms with E-state index in [1.165, 1.54) is 32.1 Å². The average molecular weight is 437 g/mol. The van der Waals surface area contributed by atoms with Gasteiger partial charge in [-0.05, 0) is 55.3 Å². The minimum absolute atomic E-state index is 0.265. The van der Waals surface area contributed by atoms with E-state index in [0.29, 0.717) is 12.2 Å². The van der Waals surface area contributed by atoms with Crippen LogP contribution in [0, 0.1) is 11.8 Å². The number of rotatable bonds is 7. The molecule has 0 aromatic heterocycles. The van der Waals surface area contributed by atoms with Crippen molar-refractivity contribution in [1.82, 2.24) is 15.7 Å². The highest BCUT2D eigenvalue weighted by molar-refractivity contribution is 6.12. The highest BCUT2D eigenvalue weighted by Crippen LogP contribution is 2.18. The topological polar surface area (TPSA) is 108 Å². The first-order valence-electron chi connectivity index (χ1n) is 9.92. The maximum Gasteiger partial charge on any atom is 0.278 e. The molecule has 0 bridgehead atoms. The highest BCUT2D eigenvalue weighted by atomic mass is 16.5. The van der Waals surface area contributed by atoms with Gasteiger partial charge in [-0.2, -0.15) is 0 Å². The van der Waals surface area contributed by atoms with Gasteiger partial charge in [-0.15, -0.1) is 0 Å². The van der Waals surface area contributed by atoms with Crippen LogP contribution in [0.25, 0.3) is 0 Å². The van der Waals surface area contributed by atoms with E-state index >= 15 is 0 Å². The molecule has 0 aliphatic carbocycles. The first-order valence-corrected chi connectivity index (χ1v) is 9.92. The fourth-order valence-corrected chi connectivity index (χ4v) is 2.97. The van der Waals surface area contributed by atoms with E-state index in [1.54, 1.807) is 31.4 Å². The van der Waals surface area contributed by atoms with Crippen LogP contribution in [0.5, 0.6) is 0 Å². The number of methoxy groups -OCH3 is 1. The summed E-state index contributed by atoms with van der Waals surface area (Å²) in [6, 6.07) is 14.4. The van der Waals surface area contributed by atoms with E-state index in [9.17, 15) is 14.4 Å². The fourth-order valence-electron chi connectivity index (χ4n) is 2.97. The molecule has 0 saturated carbocycles. The number of likely N-dealkylation sites (N-methyl/N-ethyl adjacent to an activating group) is 2. The summed E-state index contributed by atoms with van der Waals surface area (Å²) in [4.78, 5) is 38.2. The normalized spacial score (nSPS) is 12.0. The summed E-state index contributed by atoms with van der Waals surface area (Å²) in [7, 11) is 4.32. The van der Waals surface area contributed by atoms with Crippen molar-refractivity contribution in [1.29, 1.82) is 0 Å². The van der Waals surface area contributed by atoms with E-state index < -0.39 is 23.3 Å². The van der Waals surface area contributed by atoms with Crippen molar-refractivity contribution in [2.75, 3.05) is 27.8 Å². The minimum Gasteiger partial charge on any atom is -0.384 e. The van der Waals surface area contributed by atoms with E-state index in [4.69, 9.17) is 9.94 Å². The maximum absolute atomic E-state index is 12.9. The number of amides is 3. The molecular weight excluding hydrogens is 410 g/mol. The van der Waals surface area contributed by atoms with Gasteiger partial charge in [0.1, 0.15) is 0 Å². The molecule has 1 atom stereocenters. The number of hydrogen-bond acceptors (Lipinski definition) is 5. The van der Waals surface area contributed by atoms with Gasteiger partial charge >= 0.3 is 0 Å². The Morgan fingerprint density at radius 1 is 1.00 bits per heavy atom. The molecule has 0 aliphatic heterocycles. The Kier molecular flexibility index (Phi) is 8.53. The summed E-state index contributed by atoms with van der Waals surface area (Å²) < 4.78 is 5.07. The monoisotopic (exact) mass is 437 g/mol. The van der Waals surface area contributed by atoms with Crippen LogP contribution in [0.1, 0.15) is 34.0 Å². The van der Waals surface area contributed by atoms with Gasteiger partial charge in [-0.25, -0.2) is 5.48 Å². The van der Waals surface area contributed by atoms with Crippen molar-refractivity contribution in [2.24, 2.45) is 0 Å². The molecule has 3 amide bonds. The third-order valence-electron chi connectivity index (χ3n) is 5.22. The second-order valence-corrected chi connectivity index (χ2v) is 7.22. The van der Waals surface area contributed by atoms with E-state index in [1.807, 2.05) is 24.3 Å². The molecule has 2 aromatic carbocycles. The molecule has 8 nitrogen and oxygen atoms in total. The number of nitrogens with zero attached hydrogens (tertiary/aromatic N) is 1. The molecule has 3 N–H and O–H groups in total. The van der Waals surface area contributed by atoms with Crippen molar-refractivity contribution in [3.63, 3.8) is 0 Å². The first-order chi connectivity index (χ1) is 15.3. The predicted octanol–water partition coefficient (Wildman–Crippen LogP) is 1.36. The van der Waals surface area contributed by atoms with Gasteiger partial charge in [0.25, 0.3) is 17.7 Å². The molecule has 168 valence electrons. The SMILES string of the molecule is CNC(=O)C(C)(C(=O)NO)N(C)C(=O)c1ccc(C#Cc2ccc(CCOC)cc2)cc1. The fraction of sp³-hybridized carbons (Fsp3) is 0.292. The van der Waals surface area contributed by atoms with Crippen LogP contribution in [0.2, 0.25) is 0 Å². The smallest absolute Gasteiger partial charge is 0.278 e. The number of carbonyl (C=O) groups is 3. The van der Waals surface area contributed by atoms with Crippen LogP contribution >= 0.6 is 0 Å². The molecule has 0 saturated heterocycles. The van der Waals surface area contributed by atoms with Crippen LogP contribution < -0.4 is 10.8 Å². The molecular formula is C24H27N3O5. The molecule has 0 aliphatic rings. The van der Waals surface area contributed by atoms with Crippen molar-refractivity contribution < 1.29 is 24.3 Å². The Labute approximate surface area is 187 Å². The Bertz CT molecular complexity index is 1000. The van der Waals surface area contributed by atoms with Gasteiger partial charge in [0.2, 0.25) is 0 Å². The minimum atomic E-state index is -1.94. The molecule has 2 aromatic rings. The standard InChI is InChI=1S/C24H27N3O5/c1-24(22(29)25-2,23(30)26-31)27(3)21(28)20-13-11-18(12-14-20)6-5-17-7-9-19(10-8-17)15-16-32-4/h7-14,31H,15-16H2,1-4H3,(H,25,29)(H,26,30). The van der Waals surface area contributed by atoms with Gasteiger partial charge < -0.3 is 15.0 Å². The van der Waals surface area contributed by atoms with Crippen molar-refractivity contribution in [2.45, 2.75) is 18.9 Å². The van der Waals surface area contributed by atoms with E-state index in [0.717, 1.165) is 16.9 Å². The quantitative estimate of drug-likeness (QED) is 0.262. The average Bonchev–Trinajstić information content (AvgIpc) is 2.84. The molecule has 0 fully saturated rings. The first kappa shape index (κ1) is 24.6. The molecule has 2 rings (SSSR count). The lowest BCUT2D eigenvalue weighted by atomic mass is 9.96. The molecule has 0 spiro atoms.